The van der Waals surface area contributed by atoms with Crippen molar-refractivity contribution in [2.45, 2.75) is 6.61 Å². The molecule has 0 atom stereocenters. The summed E-state index contributed by atoms with van der Waals surface area (Å²) in [4.78, 5) is 15.7. The van der Waals surface area contributed by atoms with Crippen LogP contribution >= 0.6 is 11.6 Å². The minimum absolute atomic E-state index is 0.0221. The Kier molecular flexibility index (Phi) is 4.90. The van der Waals surface area contributed by atoms with Crippen LogP contribution in [0.5, 0.6) is 11.5 Å². The van der Waals surface area contributed by atoms with Crippen LogP contribution < -0.4 is 15.2 Å². The van der Waals surface area contributed by atoms with Gasteiger partial charge in [-0.15, -0.1) is 0 Å². The van der Waals surface area contributed by atoms with Gasteiger partial charge in [-0.3, -0.25) is 4.79 Å². The van der Waals surface area contributed by atoms with E-state index in [4.69, 9.17) is 31.2 Å². The van der Waals surface area contributed by atoms with Crippen molar-refractivity contribution in [2.24, 2.45) is 5.73 Å². The highest BCUT2D eigenvalue weighted by atomic mass is 35.5. The fourth-order valence-corrected chi connectivity index (χ4v) is 2.40. The van der Waals surface area contributed by atoms with Crippen LogP contribution in [0, 0.1) is 0 Å². The number of halogens is 1. The number of para-hydroxylation sites is 1. The quantitative estimate of drug-likeness (QED) is 0.726. The van der Waals surface area contributed by atoms with E-state index in [0.717, 1.165) is 5.56 Å². The van der Waals surface area contributed by atoms with Gasteiger partial charge in [0.05, 0.1) is 18.9 Å². The Morgan fingerprint density at radius 3 is 2.68 bits per heavy atom. The molecule has 0 fully saturated rings. The normalized spacial score (nSPS) is 10.5. The Morgan fingerprint density at radius 2 is 2.00 bits per heavy atom. The van der Waals surface area contributed by atoms with Crippen molar-refractivity contribution in [3.8, 4) is 22.8 Å². The summed E-state index contributed by atoms with van der Waals surface area (Å²) in [7, 11) is 1.48. The summed E-state index contributed by atoms with van der Waals surface area (Å²) in [5.41, 5.74) is 6.45. The molecule has 0 aliphatic carbocycles. The molecule has 0 radical (unpaired) electrons. The van der Waals surface area contributed by atoms with Crippen LogP contribution in [0.3, 0.4) is 0 Å². The van der Waals surface area contributed by atoms with Crippen molar-refractivity contribution in [3.63, 3.8) is 0 Å². The zero-order valence-electron chi connectivity index (χ0n) is 13.4. The van der Waals surface area contributed by atoms with Gasteiger partial charge >= 0.3 is 0 Å². The molecule has 0 saturated carbocycles. The smallest absolute Gasteiger partial charge is 0.252 e. The van der Waals surface area contributed by atoms with E-state index in [0.29, 0.717) is 22.4 Å². The minimum Gasteiger partial charge on any atom is -0.493 e. The first kappa shape index (κ1) is 16.9. The molecule has 6 nitrogen and oxygen atoms in total. The van der Waals surface area contributed by atoms with Gasteiger partial charge in [0.15, 0.2) is 23.9 Å². The number of ether oxygens (including phenoxy) is 2. The number of carbonyl (C=O) groups is 1. The molecule has 0 aliphatic heterocycles. The maximum atomic E-state index is 11.6. The van der Waals surface area contributed by atoms with E-state index in [1.165, 1.54) is 7.11 Å². The van der Waals surface area contributed by atoms with E-state index in [2.05, 4.69) is 4.98 Å². The summed E-state index contributed by atoms with van der Waals surface area (Å²) in [6, 6.07) is 12.1. The lowest BCUT2D eigenvalue weighted by molar-refractivity contribution is 0.0994. The Hall–Kier alpha value is -2.99. The van der Waals surface area contributed by atoms with Crippen molar-refractivity contribution in [2.75, 3.05) is 7.11 Å². The molecule has 1 aromatic heterocycles. The van der Waals surface area contributed by atoms with Crippen LogP contribution in [0.15, 0.2) is 53.1 Å². The van der Waals surface area contributed by atoms with Crippen molar-refractivity contribution in [1.82, 2.24) is 4.98 Å². The van der Waals surface area contributed by atoms with Crippen LogP contribution in [-0.4, -0.2) is 18.0 Å². The SMILES string of the molecule is COc1cccc(C(N)=O)c1OCc1ncc(-c2ccc(Cl)cc2)o1. The summed E-state index contributed by atoms with van der Waals surface area (Å²) < 4.78 is 16.6. The van der Waals surface area contributed by atoms with Crippen molar-refractivity contribution < 1.29 is 18.7 Å². The number of aromatic nitrogens is 1. The van der Waals surface area contributed by atoms with Gasteiger partial charge in [0.25, 0.3) is 5.91 Å². The van der Waals surface area contributed by atoms with Gasteiger partial charge in [0, 0.05) is 10.6 Å². The summed E-state index contributed by atoms with van der Waals surface area (Å²) in [5, 5.41) is 0.641. The maximum Gasteiger partial charge on any atom is 0.252 e. The fourth-order valence-electron chi connectivity index (χ4n) is 2.28. The molecule has 0 unspecified atom stereocenters. The van der Waals surface area contributed by atoms with E-state index in [9.17, 15) is 4.79 Å². The molecule has 7 heteroatoms. The van der Waals surface area contributed by atoms with Crippen LogP contribution in [0.2, 0.25) is 5.02 Å². The molecule has 0 aliphatic rings. The highest BCUT2D eigenvalue weighted by Crippen LogP contribution is 2.32. The first-order valence-electron chi connectivity index (χ1n) is 7.38. The minimum atomic E-state index is -0.608. The van der Waals surface area contributed by atoms with Gasteiger partial charge in [-0.25, -0.2) is 4.98 Å². The molecule has 25 heavy (non-hydrogen) atoms. The van der Waals surface area contributed by atoms with Gasteiger partial charge in [0.1, 0.15) is 0 Å². The monoisotopic (exact) mass is 358 g/mol. The highest BCUT2D eigenvalue weighted by Gasteiger charge is 2.16. The molecule has 1 amide bonds. The molecule has 0 saturated heterocycles. The van der Waals surface area contributed by atoms with Crippen molar-refractivity contribution in [1.29, 1.82) is 0 Å². The number of oxazole rings is 1. The Bertz CT molecular complexity index is 890. The van der Waals surface area contributed by atoms with Crippen molar-refractivity contribution >= 4 is 17.5 Å². The van der Waals surface area contributed by atoms with E-state index >= 15 is 0 Å². The molecule has 1 heterocycles. The topological polar surface area (TPSA) is 87.6 Å². The van der Waals surface area contributed by atoms with Crippen LogP contribution in [-0.2, 0) is 6.61 Å². The van der Waals surface area contributed by atoms with Crippen LogP contribution in [0.1, 0.15) is 16.2 Å². The van der Waals surface area contributed by atoms with Crippen LogP contribution in [0.25, 0.3) is 11.3 Å². The predicted molar refractivity (Wildman–Crippen MR) is 92.8 cm³/mol. The molecule has 0 spiro atoms. The number of rotatable bonds is 6. The lowest BCUT2D eigenvalue weighted by Gasteiger charge is -2.12. The number of hydrogen-bond acceptors (Lipinski definition) is 5. The second kappa shape index (κ2) is 7.27. The molecule has 3 rings (SSSR count). The van der Waals surface area contributed by atoms with Gasteiger partial charge in [-0.1, -0.05) is 17.7 Å². The molecule has 0 bridgehead atoms. The average molecular weight is 359 g/mol. The predicted octanol–water partition coefficient (Wildman–Crippen LogP) is 3.68. The number of hydrogen-bond donors (Lipinski definition) is 1. The standard InChI is InChI=1S/C18H15ClN2O4/c1-23-14-4-2-3-13(18(20)22)17(14)24-10-16-21-9-15(25-16)11-5-7-12(19)8-6-11/h2-9H,10H2,1H3,(H2,20,22). The average Bonchev–Trinajstić information content (AvgIpc) is 3.09. The van der Waals surface area contributed by atoms with E-state index < -0.39 is 5.91 Å². The lowest BCUT2D eigenvalue weighted by Crippen LogP contribution is -2.13. The summed E-state index contributed by atoms with van der Waals surface area (Å²) in [6.07, 6.45) is 1.60. The zero-order chi connectivity index (χ0) is 17.8. The summed E-state index contributed by atoms with van der Waals surface area (Å²) >= 11 is 5.87. The highest BCUT2D eigenvalue weighted by molar-refractivity contribution is 6.30. The third-order valence-electron chi connectivity index (χ3n) is 3.49. The zero-order valence-corrected chi connectivity index (χ0v) is 14.1. The van der Waals surface area contributed by atoms with E-state index in [1.54, 1.807) is 36.5 Å². The number of amides is 1. The van der Waals surface area contributed by atoms with Gasteiger partial charge in [-0.2, -0.15) is 0 Å². The Morgan fingerprint density at radius 1 is 1.24 bits per heavy atom. The molecule has 3 aromatic rings. The third-order valence-corrected chi connectivity index (χ3v) is 3.74. The molecule has 2 N–H and O–H groups in total. The second-order valence-electron chi connectivity index (χ2n) is 5.12. The number of nitrogens with zero attached hydrogens (tertiary/aromatic N) is 1. The second-order valence-corrected chi connectivity index (χ2v) is 5.55. The Labute approximate surface area is 149 Å². The first-order chi connectivity index (χ1) is 12.1. The van der Waals surface area contributed by atoms with Gasteiger partial charge < -0.3 is 19.6 Å². The first-order valence-corrected chi connectivity index (χ1v) is 7.76. The van der Waals surface area contributed by atoms with Gasteiger partial charge in [0.2, 0.25) is 5.89 Å². The number of primary amides is 1. The number of nitrogens with two attached hydrogens (primary N) is 1. The summed E-state index contributed by atoms with van der Waals surface area (Å²) in [5.74, 6) is 0.990. The lowest BCUT2D eigenvalue weighted by atomic mass is 10.2. The fraction of sp³-hybridized carbons (Fsp3) is 0.111. The van der Waals surface area contributed by atoms with Crippen LogP contribution in [0.4, 0.5) is 0 Å². The van der Waals surface area contributed by atoms with E-state index in [-0.39, 0.29) is 17.9 Å². The summed E-state index contributed by atoms with van der Waals surface area (Å²) in [6.45, 7) is 0.0221. The number of carbonyl (C=O) groups excluding carboxylic acids is 1. The molecular formula is C18H15ClN2O4. The van der Waals surface area contributed by atoms with Gasteiger partial charge in [-0.05, 0) is 36.4 Å². The largest absolute Gasteiger partial charge is 0.493 e. The third kappa shape index (κ3) is 3.75. The van der Waals surface area contributed by atoms with E-state index in [1.807, 2.05) is 12.1 Å². The number of benzene rings is 2. The Balaban J connectivity index is 1.79. The number of methoxy groups -OCH3 is 1. The van der Waals surface area contributed by atoms with Crippen molar-refractivity contribution in [3.05, 3.63) is 65.1 Å². The molecular weight excluding hydrogens is 344 g/mol. The molecule has 2 aromatic carbocycles. The maximum absolute atomic E-state index is 11.6. The molecule has 128 valence electrons.